The fourth-order valence-electron chi connectivity index (χ4n) is 1.77. The van der Waals surface area contributed by atoms with Gasteiger partial charge in [-0.05, 0) is 30.2 Å². The van der Waals surface area contributed by atoms with Crippen molar-refractivity contribution in [2.45, 2.75) is 0 Å². The minimum atomic E-state index is -0.262. The van der Waals surface area contributed by atoms with E-state index in [0.29, 0.717) is 0 Å². The zero-order valence-electron chi connectivity index (χ0n) is 10.1. The first-order valence-electron chi connectivity index (χ1n) is 5.89. The van der Waals surface area contributed by atoms with E-state index in [4.69, 9.17) is 0 Å². The van der Waals surface area contributed by atoms with E-state index in [9.17, 15) is 4.79 Å². The third kappa shape index (κ3) is 2.38. The Bertz CT molecular complexity index is 839. The lowest BCUT2D eigenvalue weighted by Gasteiger charge is -1.96. The van der Waals surface area contributed by atoms with Gasteiger partial charge in [0.05, 0.1) is 11.0 Å². The second kappa shape index (κ2) is 4.79. The molecule has 3 nitrogen and oxygen atoms in total. The lowest BCUT2D eigenvalue weighted by Crippen LogP contribution is -2.12. The van der Waals surface area contributed by atoms with Gasteiger partial charge in [0.1, 0.15) is 0 Å². The summed E-state index contributed by atoms with van der Waals surface area (Å²) in [5.41, 5.74) is 2.29. The van der Waals surface area contributed by atoms with Crippen LogP contribution in [0.3, 0.4) is 0 Å². The number of nitrogens with zero attached hydrogens (tertiary/aromatic N) is 1. The largest absolute Gasteiger partial charge is 0.318 e. The fraction of sp³-hybridized carbons (Fsp3) is 0. The Hall–Kier alpha value is -2.86. The smallest absolute Gasteiger partial charge is 0.283 e. The summed E-state index contributed by atoms with van der Waals surface area (Å²) < 4.78 is 0. The lowest BCUT2D eigenvalue weighted by molar-refractivity contribution is 1.19. The third-order valence-electron chi connectivity index (χ3n) is 2.70. The van der Waals surface area contributed by atoms with E-state index in [2.05, 4.69) is 21.8 Å². The quantitative estimate of drug-likeness (QED) is 0.619. The number of benzene rings is 2. The van der Waals surface area contributed by atoms with Crippen molar-refractivity contribution in [3.8, 4) is 11.8 Å². The highest BCUT2D eigenvalue weighted by atomic mass is 16.1. The zero-order valence-corrected chi connectivity index (χ0v) is 10.1. The standard InChI is InChI=1S/C16H10N2O/c19-16-15(11-10-12-6-2-1-3-7-12)17-13-8-4-5-9-14(13)18-16/h1-9H,(H,18,19). The summed E-state index contributed by atoms with van der Waals surface area (Å²) >= 11 is 0. The van der Waals surface area contributed by atoms with Gasteiger partial charge in [-0.15, -0.1) is 0 Å². The van der Waals surface area contributed by atoms with Crippen molar-refractivity contribution in [2.24, 2.45) is 0 Å². The number of aromatic amines is 1. The number of H-pyrrole nitrogens is 1. The first kappa shape index (κ1) is 11.2. The molecule has 0 unspecified atom stereocenters. The molecule has 1 aromatic heterocycles. The van der Waals surface area contributed by atoms with Gasteiger partial charge in [0.25, 0.3) is 5.56 Å². The molecule has 0 atom stereocenters. The summed E-state index contributed by atoms with van der Waals surface area (Å²) in [6, 6.07) is 16.9. The maximum atomic E-state index is 11.8. The molecule has 0 amide bonds. The highest BCUT2D eigenvalue weighted by Gasteiger charge is 2.00. The predicted octanol–water partition coefficient (Wildman–Crippen LogP) is 2.32. The second-order valence-corrected chi connectivity index (χ2v) is 4.05. The van der Waals surface area contributed by atoms with E-state index < -0.39 is 0 Å². The van der Waals surface area contributed by atoms with Crippen molar-refractivity contribution in [1.82, 2.24) is 9.97 Å². The molecule has 3 heteroatoms. The molecule has 0 aliphatic carbocycles. The Labute approximate surface area is 110 Å². The summed E-state index contributed by atoms with van der Waals surface area (Å²) in [5.74, 6) is 5.75. The molecule has 0 fully saturated rings. The molecular weight excluding hydrogens is 236 g/mol. The van der Waals surface area contributed by atoms with E-state index >= 15 is 0 Å². The summed E-state index contributed by atoms with van der Waals surface area (Å²) in [4.78, 5) is 18.9. The molecule has 3 aromatic rings. The Balaban J connectivity index is 2.09. The number of hydrogen-bond donors (Lipinski definition) is 1. The average molecular weight is 246 g/mol. The van der Waals surface area contributed by atoms with Crippen LogP contribution in [0.5, 0.6) is 0 Å². The van der Waals surface area contributed by atoms with Gasteiger partial charge in [-0.2, -0.15) is 0 Å². The number of fused-ring (bicyclic) bond motifs is 1. The number of rotatable bonds is 0. The monoisotopic (exact) mass is 246 g/mol. The Morgan fingerprint density at radius 1 is 0.895 bits per heavy atom. The van der Waals surface area contributed by atoms with Crippen LogP contribution < -0.4 is 5.56 Å². The summed E-state index contributed by atoms with van der Waals surface area (Å²) in [6.45, 7) is 0. The molecule has 0 bridgehead atoms. The normalized spacial score (nSPS) is 9.89. The van der Waals surface area contributed by atoms with Crippen LogP contribution >= 0.6 is 0 Å². The van der Waals surface area contributed by atoms with E-state index in [-0.39, 0.29) is 11.3 Å². The molecule has 2 aromatic carbocycles. The van der Waals surface area contributed by atoms with E-state index in [1.807, 2.05) is 54.6 Å². The highest BCUT2D eigenvalue weighted by molar-refractivity contribution is 5.74. The summed E-state index contributed by atoms with van der Waals surface area (Å²) in [5, 5.41) is 0. The molecule has 3 rings (SSSR count). The van der Waals surface area contributed by atoms with Crippen LogP contribution in [0.2, 0.25) is 0 Å². The van der Waals surface area contributed by atoms with Crippen LogP contribution in [0.15, 0.2) is 59.4 Å². The van der Waals surface area contributed by atoms with Gasteiger partial charge in [-0.25, -0.2) is 4.98 Å². The van der Waals surface area contributed by atoms with E-state index in [1.165, 1.54) is 0 Å². The van der Waals surface area contributed by atoms with Gasteiger partial charge in [-0.3, -0.25) is 4.79 Å². The number of hydrogen-bond acceptors (Lipinski definition) is 2. The first-order valence-corrected chi connectivity index (χ1v) is 5.89. The van der Waals surface area contributed by atoms with Gasteiger partial charge in [0.2, 0.25) is 0 Å². The predicted molar refractivity (Wildman–Crippen MR) is 74.8 cm³/mol. The molecule has 0 spiro atoms. The molecule has 1 N–H and O–H groups in total. The Morgan fingerprint density at radius 3 is 2.47 bits per heavy atom. The zero-order chi connectivity index (χ0) is 13.1. The minimum Gasteiger partial charge on any atom is -0.318 e. The van der Waals surface area contributed by atoms with Crippen molar-refractivity contribution < 1.29 is 0 Å². The van der Waals surface area contributed by atoms with E-state index in [0.717, 1.165) is 16.6 Å². The van der Waals surface area contributed by atoms with Crippen molar-refractivity contribution in [2.75, 3.05) is 0 Å². The van der Waals surface area contributed by atoms with Gasteiger partial charge >= 0.3 is 0 Å². The molecule has 0 radical (unpaired) electrons. The van der Waals surface area contributed by atoms with Gasteiger partial charge in [0, 0.05) is 5.56 Å². The van der Waals surface area contributed by atoms with Crippen molar-refractivity contribution >= 4 is 11.0 Å². The van der Waals surface area contributed by atoms with Gasteiger partial charge < -0.3 is 4.98 Å². The molecular formula is C16H10N2O. The van der Waals surface area contributed by atoms with Crippen molar-refractivity contribution in [3.05, 3.63) is 76.2 Å². The van der Waals surface area contributed by atoms with E-state index in [1.54, 1.807) is 0 Å². The number of nitrogens with one attached hydrogen (secondary N) is 1. The molecule has 90 valence electrons. The third-order valence-corrected chi connectivity index (χ3v) is 2.70. The van der Waals surface area contributed by atoms with Crippen LogP contribution in [0.4, 0.5) is 0 Å². The van der Waals surface area contributed by atoms with Crippen molar-refractivity contribution in [3.63, 3.8) is 0 Å². The topological polar surface area (TPSA) is 45.8 Å². The number of para-hydroxylation sites is 2. The maximum absolute atomic E-state index is 11.8. The van der Waals surface area contributed by atoms with Crippen molar-refractivity contribution in [1.29, 1.82) is 0 Å². The first-order chi connectivity index (χ1) is 9.33. The van der Waals surface area contributed by atoms with Gasteiger partial charge in [-0.1, -0.05) is 36.3 Å². The van der Waals surface area contributed by atoms with Crippen LogP contribution in [0.25, 0.3) is 11.0 Å². The lowest BCUT2D eigenvalue weighted by atomic mass is 10.2. The average Bonchev–Trinajstić information content (AvgIpc) is 2.46. The van der Waals surface area contributed by atoms with Gasteiger partial charge in [0.15, 0.2) is 5.69 Å². The Kier molecular flexibility index (Phi) is 2.83. The minimum absolute atomic E-state index is 0.238. The summed E-state index contributed by atoms with van der Waals surface area (Å²) in [6.07, 6.45) is 0. The molecule has 1 heterocycles. The molecule has 0 saturated carbocycles. The molecule has 0 saturated heterocycles. The second-order valence-electron chi connectivity index (χ2n) is 4.05. The molecule has 0 aliphatic heterocycles. The van der Waals surface area contributed by atoms with Crippen LogP contribution in [-0.2, 0) is 0 Å². The summed E-state index contributed by atoms with van der Waals surface area (Å²) in [7, 11) is 0. The SMILES string of the molecule is O=c1[nH]c2ccccc2nc1C#Cc1ccccc1. The molecule has 0 aliphatic rings. The van der Waals surface area contributed by atoms with Crippen LogP contribution in [0.1, 0.15) is 11.3 Å². The van der Waals surface area contributed by atoms with Crippen LogP contribution in [0, 0.1) is 11.8 Å². The maximum Gasteiger partial charge on any atom is 0.283 e. The fourth-order valence-corrected chi connectivity index (χ4v) is 1.77. The molecule has 19 heavy (non-hydrogen) atoms. The highest BCUT2D eigenvalue weighted by Crippen LogP contribution is 2.05. The number of aromatic nitrogens is 2. The van der Waals surface area contributed by atoms with Crippen LogP contribution in [-0.4, -0.2) is 9.97 Å². The Morgan fingerprint density at radius 2 is 1.63 bits per heavy atom.